The Labute approximate surface area is 173 Å². The summed E-state index contributed by atoms with van der Waals surface area (Å²) in [4.78, 5) is 40.6. The summed E-state index contributed by atoms with van der Waals surface area (Å²) in [5.41, 5.74) is -1.42. The summed E-state index contributed by atoms with van der Waals surface area (Å²) in [5.74, 6) is -1.44. The number of hydrogen-bond donors (Lipinski definition) is 2. The third-order valence-corrected chi connectivity index (χ3v) is 4.60. The van der Waals surface area contributed by atoms with Gasteiger partial charge in [-0.2, -0.15) is 13.2 Å². The summed E-state index contributed by atoms with van der Waals surface area (Å²) in [6.45, 7) is -0.477. The summed E-state index contributed by atoms with van der Waals surface area (Å²) in [6.07, 6.45) is -4.68. The predicted molar refractivity (Wildman–Crippen MR) is 107 cm³/mol. The molecule has 0 saturated heterocycles. The number of benzene rings is 2. The van der Waals surface area contributed by atoms with Gasteiger partial charge in [0.1, 0.15) is 5.56 Å². The minimum absolute atomic E-state index is 0.124. The smallest absolute Gasteiger partial charge is 0.332 e. The van der Waals surface area contributed by atoms with Crippen LogP contribution in [0, 0.1) is 0 Å². The van der Waals surface area contributed by atoms with E-state index in [1.807, 2.05) is 0 Å². The van der Waals surface area contributed by atoms with E-state index >= 15 is 0 Å². The van der Waals surface area contributed by atoms with Gasteiger partial charge >= 0.3 is 6.18 Å². The monoisotopic (exact) mass is 437 g/mol. The first-order chi connectivity index (χ1) is 14.1. The maximum absolute atomic E-state index is 12.9. The van der Waals surface area contributed by atoms with Crippen LogP contribution in [0.3, 0.4) is 0 Å². The summed E-state index contributed by atoms with van der Waals surface area (Å²) in [5, 5.41) is 2.43. The van der Waals surface area contributed by atoms with Gasteiger partial charge in [-0.3, -0.25) is 14.4 Å². The van der Waals surface area contributed by atoms with Crippen LogP contribution in [-0.2, 0) is 11.0 Å². The third kappa shape index (κ3) is 4.62. The van der Waals surface area contributed by atoms with Crippen LogP contribution in [0.2, 0.25) is 5.02 Å². The molecule has 0 fully saturated rings. The van der Waals surface area contributed by atoms with E-state index in [2.05, 4.69) is 10.3 Å². The highest BCUT2D eigenvalue weighted by molar-refractivity contribution is 6.31. The molecule has 0 aliphatic rings. The van der Waals surface area contributed by atoms with E-state index < -0.39 is 40.7 Å². The van der Waals surface area contributed by atoms with Crippen molar-refractivity contribution in [1.29, 1.82) is 0 Å². The average molecular weight is 438 g/mol. The second-order valence-corrected chi connectivity index (χ2v) is 6.91. The number of carbonyl (C=O) groups is 2. The number of anilines is 1. The summed E-state index contributed by atoms with van der Waals surface area (Å²) < 4.78 is 38.8. The van der Waals surface area contributed by atoms with Crippen LogP contribution < -0.4 is 10.9 Å². The van der Waals surface area contributed by atoms with Gasteiger partial charge in [0.15, 0.2) is 0 Å². The highest BCUT2D eigenvalue weighted by Crippen LogP contribution is 2.36. The van der Waals surface area contributed by atoms with Crippen molar-refractivity contribution in [3.63, 3.8) is 0 Å². The standard InChI is InChI=1S/C20H15ClF3N3O3/c1-27(19(30)13-8-11-4-2-3-5-16(11)26-18(13)29)10-17(28)25-12-6-7-15(21)14(9-12)20(22,23)24/h2-9H,10H2,1H3,(H,25,28)(H,26,29). The predicted octanol–water partition coefficient (Wildman–Crippen LogP) is 3.91. The minimum Gasteiger partial charge on any atom is -0.332 e. The number of amides is 2. The molecular weight excluding hydrogens is 423 g/mol. The van der Waals surface area contributed by atoms with Gasteiger partial charge in [0.2, 0.25) is 5.91 Å². The van der Waals surface area contributed by atoms with Crippen molar-refractivity contribution >= 4 is 40.0 Å². The molecule has 0 unspecified atom stereocenters. The number of likely N-dealkylation sites (N-methyl/N-ethyl adjacent to an activating group) is 1. The molecule has 10 heteroatoms. The van der Waals surface area contributed by atoms with Gasteiger partial charge in [-0.1, -0.05) is 29.8 Å². The maximum atomic E-state index is 12.9. The molecule has 3 rings (SSSR count). The zero-order valence-electron chi connectivity index (χ0n) is 15.5. The topological polar surface area (TPSA) is 82.3 Å². The lowest BCUT2D eigenvalue weighted by Gasteiger charge is -2.17. The minimum atomic E-state index is -4.68. The Bertz CT molecular complexity index is 1190. The second-order valence-electron chi connectivity index (χ2n) is 6.50. The lowest BCUT2D eigenvalue weighted by atomic mass is 10.1. The van der Waals surface area contributed by atoms with Gasteiger partial charge in [0.05, 0.1) is 17.1 Å². The first-order valence-electron chi connectivity index (χ1n) is 8.60. The number of aromatic amines is 1. The normalized spacial score (nSPS) is 11.4. The Balaban J connectivity index is 1.74. The lowest BCUT2D eigenvalue weighted by Crippen LogP contribution is -2.37. The molecule has 6 nitrogen and oxygen atoms in total. The molecule has 0 spiro atoms. The Morgan fingerprint density at radius 2 is 1.83 bits per heavy atom. The van der Waals surface area contributed by atoms with Gasteiger partial charge in [0.25, 0.3) is 11.5 Å². The number of alkyl halides is 3. The molecule has 0 bridgehead atoms. The molecule has 1 heterocycles. The van der Waals surface area contributed by atoms with Crippen LogP contribution in [-0.4, -0.2) is 35.3 Å². The third-order valence-electron chi connectivity index (χ3n) is 4.27. The number of carbonyl (C=O) groups excluding carboxylic acids is 2. The van der Waals surface area contributed by atoms with E-state index in [0.717, 1.165) is 11.0 Å². The van der Waals surface area contributed by atoms with Crippen LogP contribution in [0.5, 0.6) is 0 Å². The molecule has 0 atom stereocenters. The van der Waals surface area contributed by atoms with Crippen molar-refractivity contribution < 1.29 is 22.8 Å². The fourth-order valence-electron chi connectivity index (χ4n) is 2.82. The van der Waals surface area contributed by atoms with E-state index in [4.69, 9.17) is 11.6 Å². The number of H-pyrrole nitrogens is 1. The number of pyridine rings is 1. The number of fused-ring (bicyclic) bond motifs is 1. The summed E-state index contributed by atoms with van der Waals surface area (Å²) in [7, 11) is 1.31. The number of para-hydroxylation sites is 1. The van der Waals surface area contributed by atoms with E-state index in [1.54, 1.807) is 24.3 Å². The van der Waals surface area contributed by atoms with E-state index in [1.165, 1.54) is 19.2 Å². The molecule has 0 aliphatic carbocycles. The number of aromatic nitrogens is 1. The lowest BCUT2D eigenvalue weighted by molar-refractivity contribution is -0.137. The molecule has 2 N–H and O–H groups in total. The summed E-state index contributed by atoms with van der Waals surface area (Å²) in [6, 6.07) is 11.2. The zero-order chi connectivity index (χ0) is 22.1. The SMILES string of the molecule is CN(CC(=O)Nc1ccc(Cl)c(C(F)(F)F)c1)C(=O)c1cc2ccccc2[nH]c1=O. The molecule has 30 heavy (non-hydrogen) atoms. The number of hydrogen-bond acceptors (Lipinski definition) is 3. The van der Waals surface area contributed by atoms with E-state index in [9.17, 15) is 27.6 Å². The van der Waals surface area contributed by atoms with Gasteiger partial charge in [-0.25, -0.2) is 0 Å². The van der Waals surface area contributed by atoms with Gasteiger partial charge < -0.3 is 15.2 Å². The number of nitrogens with one attached hydrogen (secondary N) is 2. The molecule has 2 amide bonds. The molecule has 3 aromatic rings. The van der Waals surface area contributed by atoms with E-state index in [0.29, 0.717) is 17.0 Å². The average Bonchev–Trinajstić information content (AvgIpc) is 2.67. The highest BCUT2D eigenvalue weighted by atomic mass is 35.5. The molecule has 1 aromatic heterocycles. The molecule has 0 saturated carbocycles. The van der Waals surface area contributed by atoms with Crippen molar-refractivity contribution in [1.82, 2.24) is 9.88 Å². The summed E-state index contributed by atoms with van der Waals surface area (Å²) >= 11 is 5.55. The Morgan fingerprint density at radius 1 is 1.13 bits per heavy atom. The Hall–Kier alpha value is -3.33. The van der Waals surface area contributed by atoms with Crippen molar-refractivity contribution in [2.75, 3.05) is 18.9 Å². The molecule has 156 valence electrons. The van der Waals surface area contributed by atoms with Crippen molar-refractivity contribution in [3.05, 3.63) is 75.0 Å². The molecule has 0 radical (unpaired) electrons. The fraction of sp³-hybridized carbons (Fsp3) is 0.150. The van der Waals surface area contributed by atoms with Crippen LogP contribution in [0.25, 0.3) is 10.9 Å². The maximum Gasteiger partial charge on any atom is 0.417 e. The van der Waals surface area contributed by atoms with Gasteiger partial charge in [0, 0.05) is 18.3 Å². The number of nitrogens with zero attached hydrogens (tertiary/aromatic N) is 1. The second kappa shape index (κ2) is 8.19. The highest BCUT2D eigenvalue weighted by Gasteiger charge is 2.33. The molecule has 2 aromatic carbocycles. The van der Waals surface area contributed by atoms with Crippen LogP contribution in [0.1, 0.15) is 15.9 Å². The van der Waals surface area contributed by atoms with Crippen molar-refractivity contribution in [2.45, 2.75) is 6.18 Å². The van der Waals surface area contributed by atoms with Crippen molar-refractivity contribution in [3.8, 4) is 0 Å². The zero-order valence-corrected chi connectivity index (χ0v) is 16.3. The van der Waals surface area contributed by atoms with E-state index in [-0.39, 0.29) is 11.3 Å². The molecular formula is C20H15ClF3N3O3. The Kier molecular flexibility index (Phi) is 5.84. The van der Waals surface area contributed by atoms with Crippen LogP contribution in [0.4, 0.5) is 18.9 Å². The number of halogens is 4. The largest absolute Gasteiger partial charge is 0.417 e. The molecule has 0 aliphatic heterocycles. The fourth-order valence-corrected chi connectivity index (χ4v) is 3.04. The van der Waals surface area contributed by atoms with Gasteiger partial charge in [-0.15, -0.1) is 0 Å². The Morgan fingerprint density at radius 3 is 2.53 bits per heavy atom. The van der Waals surface area contributed by atoms with Gasteiger partial charge in [-0.05, 0) is 35.7 Å². The van der Waals surface area contributed by atoms with Crippen LogP contribution in [0.15, 0.2) is 53.3 Å². The quantitative estimate of drug-likeness (QED) is 0.649. The number of rotatable bonds is 4. The first kappa shape index (κ1) is 21.4. The first-order valence-corrected chi connectivity index (χ1v) is 8.98. The van der Waals surface area contributed by atoms with Crippen LogP contribution >= 0.6 is 11.6 Å². The van der Waals surface area contributed by atoms with Crippen molar-refractivity contribution in [2.24, 2.45) is 0 Å².